The fraction of sp³-hybridized carbons (Fsp3) is 0.294. The Bertz CT molecular complexity index is 844. The molecule has 0 aliphatic carbocycles. The van der Waals surface area contributed by atoms with Crippen molar-refractivity contribution in [2.75, 3.05) is 13.1 Å². The fourth-order valence-electron chi connectivity index (χ4n) is 2.41. The number of hydrogen-bond acceptors (Lipinski definition) is 5. The third kappa shape index (κ3) is 4.63. The van der Waals surface area contributed by atoms with Gasteiger partial charge in [0.15, 0.2) is 5.65 Å². The van der Waals surface area contributed by atoms with Crippen LogP contribution in [-0.2, 0) is 11.2 Å². The van der Waals surface area contributed by atoms with Crippen LogP contribution in [0.5, 0.6) is 0 Å². The summed E-state index contributed by atoms with van der Waals surface area (Å²) in [5, 5.41) is 17.5. The van der Waals surface area contributed by atoms with Crippen LogP contribution in [0.3, 0.4) is 0 Å². The normalized spacial score (nSPS) is 10.7. The first-order valence-corrected chi connectivity index (χ1v) is 9.04. The van der Waals surface area contributed by atoms with Crippen LogP contribution in [0.25, 0.3) is 5.65 Å². The van der Waals surface area contributed by atoms with Gasteiger partial charge in [0.1, 0.15) is 5.82 Å². The lowest BCUT2D eigenvalue weighted by atomic mass is 10.2. The average molecular weight is 357 g/mol. The minimum absolute atomic E-state index is 0.0291. The summed E-state index contributed by atoms with van der Waals surface area (Å²) < 4.78 is 1.91. The number of carbonyl (C=O) groups is 2. The van der Waals surface area contributed by atoms with Crippen LogP contribution in [0.1, 0.15) is 29.0 Å². The third-order valence-corrected chi connectivity index (χ3v) is 4.39. The standard InChI is InChI=1S/C17H19N5O2S/c23-16(5-3-8-19-17(24)13-7-11-25-12-13)18-9-6-15-21-20-14-4-1-2-10-22(14)15/h1-2,4,7,10-12H,3,5-6,8-9H2,(H,18,23)(H,19,24). The lowest BCUT2D eigenvalue weighted by Crippen LogP contribution is -2.28. The number of amides is 2. The van der Waals surface area contributed by atoms with Crippen LogP contribution in [0.2, 0.25) is 0 Å². The largest absolute Gasteiger partial charge is 0.356 e. The molecule has 130 valence electrons. The summed E-state index contributed by atoms with van der Waals surface area (Å²) in [6.45, 7) is 0.993. The predicted molar refractivity (Wildman–Crippen MR) is 95.6 cm³/mol. The Morgan fingerprint density at radius 2 is 2.04 bits per heavy atom. The molecule has 0 fully saturated rings. The summed E-state index contributed by atoms with van der Waals surface area (Å²) in [6, 6.07) is 7.50. The van der Waals surface area contributed by atoms with Gasteiger partial charge < -0.3 is 10.6 Å². The fourth-order valence-corrected chi connectivity index (χ4v) is 3.05. The zero-order chi connectivity index (χ0) is 17.5. The Morgan fingerprint density at radius 1 is 1.12 bits per heavy atom. The lowest BCUT2D eigenvalue weighted by molar-refractivity contribution is -0.121. The van der Waals surface area contributed by atoms with Gasteiger partial charge in [0, 0.05) is 43.1 Å². The van der Waals surface area contributed by atoms with Crippen LogP contribution in [0.4, 0.5) is 0 Å². The number of thiophene rings is 1. The molecule has 25 heavy (non-hydrogen) atoms. The van der Waals surface area contributed by atoms with E-state index in [1.54, 1.807) is 11.4 Å². The van der Waals surface area contributed by atoms with Crippen LogP contribution >= 0.6 is 11.3 Å². The Morgan fingerprint density at radius 3 is 2.88 bits per heavy atom. The number of pyridine rings is 1. The Hall–Kier alpha value is -2.74. The Labute approximate surface area is 149 Å². The van der Waals surface area contributed by atoms with E-state index in [2.05, 4.69) is 20.8 Å². The summed E-state index contributed by atoms with van der Waals surface area (Å²) in [7, 11) is 0. The van der Waals surface area contributed by atoms with Gasteiger partial charge in [-0.05, 0) is 30.0 Å². The number of nitrogens with zero attached hydrogens (tertiary/aromatic N) is 3. The first-order chi connectivity index (χ1) is 12.2. The van der Waals surface area contributed by atoms with Gasteiger partial charge in [-0.15, -0.1) is 10.2 Å². The molecule has 3 aromatic heterocycles. The van der Waals surface area contributed by atoms with E-state index in [-0.39, 0.29) is 11.8 Å². The summed E-state index contributed by atoms with van der Waals surface area (Å²) in [5.74, 6) is 0.692. The molecule has 0 aliphatic heterocycles. The monoisotopic (exact) mass is 357 g/mol. The van der Waals surface area contributed by atoms with Crippen molar-refractivity contribution in [2.45, 2.75) is 19.3 Å². The number of hydrogen-bond donors (Lipinski definition) is 2. The van der Waals surface area contributed by atoms with E-state index in [0.717, 1.165) is 11.5 Å². The van der Waals surface area contributed by atoms with Gasteiger partial charge in [0.2, 0.25) is 5.91 Å². The quantitative estimate of drug-likeness (QED) is 0.600. The second-order valence-corrected chi connectivity index (χ2v) is 6.30. The highest BCUT2D eigenvalue weighted by Gasteiger charge is 2.07. The van der Waals surface area contributed by atoms with Crippen molar-refractivity contribution in [3.8, 4) is 0 Å². The third-order valence-electron chi connectivity index (χ3n) is 3.70. The van der Waals surface area contributed by atoms with Crippen LogP contribution < -0.4 is 10.6 Å². The second kappa shape index (κ2) is 8.39. The molecule has 0 spiro atoms. The lowest BCUT2D eigenvalue weighted by Gasteiger charge is -2.06. The molecule has 3 rings (SSSR count). The van der Waals surface area contributed by atoms with E-state index < -0.39 is 0 Å². The molecule has 0 radical (unpaired) electrons. The number of carbonyl (C=O) groups excluding carboxylic acids is 2. The topological polar surface area (TPSA) is 88.4 Å². The Balaban J connectivity index is 1.32. The van der Waals surface area contributed by atoms with E-state index in [4.69, 9.17) is 0 Å². The van der Waals surface area contributed by atoms with Gasteiger partial charge in [-0.1, -0.05) is 6.07 Å². The molecule has 0 bridgehead atoms. The molecule has 2 N–H and O–H groups in total. The van der Waals surface area contributed by atoms with Crippen LogP contribution in [-0.4, -0.2) is 39.5 Å². The molecular formula is C17H19N5O2S. The molecule has 3 heterocycles. The van der Waals surface area contributed by atoms with Crippen molar-refractivity contribution >= 4 is 28.8 Å². The van der Waals surface area contributed by atoms with Crippen molar-refractivity contribution in [1.82, 2.24) is 25.2 Å². The minimum atomic E-state index is -0.0969. The van der Waals surface area contributed by atoms with Crippen molar-refractivity contribution in [1.29, 1.82) is 0 Å². The summed E-state index contributed by atoms with van der Waals surface area (Å²) >= 11 is 1.48. The molecule has 7 nitrogen and oxygen atoms in total. The first kappa shape index (κ1) is 17.1. The van der Waals surface area contributed by atoms with Crippen LogP contribution in [0, 0.1) is 0 Å². The zero-order valence-electron chi connectivity index (χ0n) is 13.6. The number of nitrogens with one attached hydrogen (secondary N) is 2. The molecule has 0 aliphatic rings. The first-order valence-electron chi connectivity index (χ1n) is 8.10. The van der Waals surface area contributed by atoms with E-state index in [9.17, 15) is 9.59 Å². The molecule has 0 atom stereocenters. The van der Waals surface area contributed by atoms with Crippen molar-refractivity contribution in [2.24, 2.45) is 0 Å². The molecule has 0 saturated carbocycles. The number of aromatic nitrogens is 3. The molecular weight excluding hydrogens is 338 g/mol. The second-order valence-electron chi connectivity index (χ2n) is 5.52. The molecule has 8 heteroatoms. The van der Waals surface area contributed by atoms with E-state index in [1.807, 2.05) is 34.2 Å². The molecule has 2 amide bonds. The Kier molecular flexibility index (Phi) is 5.73. The highest BCUT2D eigenvalue weighted by atomic mass is 32.1. The van der Waals surface area contributed by atoms with E-state index in [1.165, 1.54) is 11.3 Å². The highest BCUT2D eigenvalue weighted by molar-refractivity contribution is 7.08. The number of rotatable bonds is 8. The van der Waals surface area contributed by atoms with E-state index in [0.29, 0.717) is 37.9 Å². The van der Waals surface area contributed by atoms with Gasteiger partial charge in [0.05, 0.1) is 0 Å². The maximum Gasteiger partial charge on any atom is 0.252 e. The predicted octanol–water partition coefficient (Wildman–Crippen LogP) is 1.66. The maximum atomic E-state index is 11.8. The van der Waals surface area contributed by atoms with Crippen molar-refractivity contribution < 1.29 is 9.59 Å². The summed E-state index contributed by atoms with van der Waals surface area (Å²) in [5.41, 5.74) is 1.46. The van der Waals surface area contributed by atoms with Gasteiger partial charge in [0.25, 0.3) is 5.91 Å². The average Bonchev–Trinajstić information content (AvgIpc) is 3.29. The van der Waals surface area contributed by atoms with Gasteiger partial charge in [-0.25, -0.2) is 0 Å². The molecule has 3 aromatic rings. The SMILES string of the molecule is O=C(CCCNC(=O)c1ccsc1)NCCc1nnc2ccccn12. The van der Waals surface area contributed by atoms with Crippen LogP contribution in [0.15, 0.2) is 41.2 Å². The summed E-state index contributed by atoms with van der Waals surface area (Å²) in [4.78, 5) is 23.6. The highest BCUT2D eigenvalue weighted by Crippen LogP contribution is 2.05. The molecule has 0 unspecified atom stereocenters. The van der Waals surface area contributed by atoms with E-state index >= 15 is 0 Å². The minimum Gasteiger partial charge on any atom is -0.356 e. The van der Waals surface area contributed by atoms with Gasteiger partial charge in [-0.3, -0.25) is 14.0 Å². The summed E-state index contributed by atoms with van der Waals surface area (Å²) in [6.07, 6.45) is 3.51. The van der Waals surface area contributed by atoms with Gasteiger partial charge in [-0.2, -0.15) is 11.3 Å². The smallest absolute Gasteiger partial charge is 0.252 e. The van der Waals surface area contributed by atoms with Crippen molar-refractivity contribution in [3.05, 3.63) is 52.6 Å². The number of fused-ring (bicyclic) bond motifs is 1. The van der Waals surface area contributed by atoms with Crippen molar-refractivity contribution in [3.63, 3.8) is 0 Å². The maximum absolute atomic E-state index is 11.8. The zero-order valence-corrected chi connectivity index (χ0v) is 14.5. The van der Waals surface area contributed by atoms with Gasteiger partial charge >= 0.3 is 0 Å². The molecule has 0 aromatic carbocycles. The molecule has 0 saturated heterocycles.